The van der Waals surface area contributed by atoms with Gasteiger partial charge in [-0.15, -0.1) is 0 Å². The average Bonchev–Trinajstić information content (AvgIpc) is 2.04. The standard InChI is InChI=1S/C7H7N3O2/c1-4-5-2-8-3-9-6(5)10-7(11)12-4/h2-4H,1H3,(H,8,9,10,11). The monoisotopic (exact) mass is 165 g/mol. The highest BCUT2D eigenvalue weighted by atomic mass is 16.6. The highest BCUT2D eigenvalue weighted by molar-refractivity contribution is 5.86. The van der Waals surface area contributed by atoms with Gasteiger partial charge in [-0.1, -0.05) is 0 Å². The van der Waals surface area contributed by atoms with E-state index in [9.17, 15) is 4.79 Å². The quantitative estimate of drug-likeness (QED) is 0.625. The van der Waals surface area contributed by atoms with Crippen LogP contribution in [0.5, 0.6) is 0 Å². The molecule has 12 heavy (non-hydrogen) atoms. The van der Waals surface area contributed by atoms with Crippen LogP contribution in [0.3, 0.4) is 0 Å². The zero-order valence-electron chi connectivity index (χ0n) is 6.44. The van der Waals surface area contributed by atoms with Crippen LogP contribution in [0.15, 0.2) is 12.5 Å². The number of aromatic nitrogens is 2. The van der Waals surface area contributed by atoms with E-state index in [2.05, 4.69) is 15.3 Å². The summed E-state index contributed by atoms with van der Waals surface area (Å²) in [5.74, 6) is 0.536. The number of fused-ring (bicyclic) bond motifs is 1. The van der Waals surface area contributed by atoms with Crippen LogP contribution in [-0.2, 0) is 4.74 Å². The maximum atomic E-state index is 10.8. The molecule has 0 saturated carbocycles. The molecule has 1 aromatic rings. The maximum absolute atomic E-state index is 10.8. The number of carbonyl (C=O) groups is 1. The lowest BCUT2D eigenvalue weighted by atomic mass is 10.2. The highest BCUT2D eigenvalue weighted by Crippen LogP contribution is 2.26. The number of hydrogen-bond donors (Lipinski definition) is 1. The number of ether oxygens (including phenoxy) is 1. The Morgan fingerprint density at radius 3 is 3.33 bits per heavy atom. The van der Waals surface area contributed by atoms with Crippen molar-refractivity contribution in [3.8, 4) is 0 Å². The number of anilines is 1. The lowest BCUT2D eigenvalue weighted by molar-refractivity contribution is 0.116. The molecule has 0 spiro atoms. The lowest BCUT2D eigenvalue weighted by Crippen LogP contribution is -2.24. The second kappa shape index (κ2) is 2.44. The average molecular weight is 165 g/mol. The molecule has 1 atom stereocenters. The van der Waals surface area contributed by atoms with Crippen LogP contribution >= 0.6 is 0 Å². The predicted molar refractivity (Wildman–Crippen MR) is 40.6 cm³/mol. The molecule has 0 aliphatic carbocycles. The summed E-state index contributed by atoms with van der Waals surface area (Å²) in [6, 6.07) is 0. The minimum Gasteiger partial charge on any atom is -0.441 e. The summed E-state index contributed by atoms with van der Waals surface area (Å²) < 4.78 is 4.88. The molecule has 2 rings (SSSR count). The van der Waals surface area contributed by atoms with E-state index in [1.54, 1.807) is 13.1 Å². The second-order valence-electron chi connectivity index (χ2n) is 2.50. The Kier molecular flexibility index (Phi) is 1.43. The van der Waals surface area contributed by atoms with Crippen LogP contribution in [0.2, 0.25) is 0 Å². The molecule has 2 heterocycles. The molecule has 5 nitrogen and oxygen atoms in total. The van der Waals surface area contributed by atoms with Gasteiger partial charge >= 0.3 is 6.09 Å². The van der Waals surface area contributed by atoms with Crippen LogP contribution in [0, 0.1) is 0 Å². The summed E-state index contributed by atoms with van der Waals surface area (Å²) in [5.41, 5.74) is 0.803. The summed E-state index contributed by atoms with van der Waals surface area (Å²) in [6.07, 6.45) is 2.28. The van der Waals surface area contributed by atoms with Gasteiger partial charge in [-0.05, 0) is 6.92 Å². The van der Waals surface area contributed by atoms with Crippen molar-refractivity contribution in [3.05, 3.63) is 18.1 Å². The smallest absolute Gasteiger partial charge is 0.413 e. The van der Waals surface area contributed by atoms with Crippen LogP contribution in [0.1, 0.15) is 18.6 Å². The Labute approximate surface area is 68.8 Å². The number of hydrogen-bond acceptors (Lipinski definition) is 4. The number of nitrogens with zero attached hydrogens (tertiary/aromatic N) is 2. The van der Waals surface area contributed by atoms with Crippen LogP contribution in [0.4, 0.5) is 10.6 Å². The fourth-order valence-corrected chi connectivity index (χ4v) is 1.09. The molecule has 0 fully saturated rings. The molecule has 0 aromatic carbocycles. The van der Waals surface area contributed by atoms with E-state index in [1.807, 2.05) is 0 Å². The fourth-order valence-electron chi connectivity index (χ4n) is 1.09. The van der Waals surface area contributed by atoms with E-state index in [4.69, 9.17) is 4.74 Å². The summed E-state index contributed by atoms with van der Waals surface area (Å²) in [6.45, 7) is 1.78. The zero-order chi connectivity index (χ0) is 8.55. The third-order valence-corrected chi connectivity index (χ3v) is 1.68. The van der Waals surface area contributed by atoms with Crippen molar-refractivity contribution >= 4 is 11.9 Å². The second-order valence-corrected chi connectivity index (χ2v) is 2.50. The number of amides is 1. The minimum absolute atomic E-state index is 0.269. The topological polar surface area (TPSA) is 64.1 Å². The van der Waals surface area contributed by atoms with E-state index in [-0.39, 0.29) is 6.10 Å². The van der Waals surface area contributed by atoms with Crippen molar-refractivity contribution in [3.63, 3.8) is 0 Å². The lowest BCUT2D eigenvalue weighted by Gasteiger charge is -2.21. The van der Waals surface area contributed by atoms with Crippen molar-refractivity contribution in [2.75, 3.05) is 5.32 Å². The number of cyclic esters (lactones) is 1. The molecule has 1 aliphatic rings. The third-order valence-electron chi connectivity index (χ3n) is 1.68. The van der Waals surface area contributed by atoms with Crippen molar-refractivity contribution in [1.82, 2.24) is 9.97 Å². The maximum Gasteiger partial charge on any atom is 0.413 e. The highest BCUT2D eigenvalue weighted by Gasteiger charge is 2.23. The van der Waals surface area contributed by atoms with Gasteiger partial charge in [0.2, 0.25) is 0 Å². The van der Waals surface area contributed by atoms with Gasteiger partial charge in [0.1, 0.15) is 18.2 Å². The predicted octanol–water partition coefficient (Wildman–Crippen LogP) is 1.10. The Bertz CT molecular complexity index is 326. The van der Waals surface area contributed by atoms with Gasteiger partial charge < -0.3 is 4.74 Å². The summed E-state index contributed by atoms with van der Waals surface area (Å²) in [5, 5.41) is 2.48. The first-order chi connectivity index (χ1) is 5.77. The molecule has 1 aliphatic heterocycles. The summed E-state index contributed by atoms with van der Waals surface area (Å²) in [7, 11) is 0. The molecule has 0 bridgehead atoms. The van der Waals surface area contributed by atoms with Crippen molar-refractivity contribution < 1.29 is 9.53 Å². The van der Waals surface area contributed by atoms with Gasteiger partial charge in [0.25, 0.3) is 0 Å². The van der Waals surface area contributed by atoms with Crippen molar-refractivity contribution in [1.29, 1.82) is 0 Å². The SMILES string of the molecule is CC1OC(=O)Nc2ncncc21. The molecule has 1 unspecified atom stereocenters. The van der Waals surface area contributed by atoms with Gasteiger partial charge in [-0.25, -0.2) is 14.8 Å². The minimum atomic E-state index is -0.464. The normalized spacial score (nSPS) is 20.8. The first kappa shape index (κ1) is 7.02. The number of carbonyl (C=O) groups excluding carboxylic acids is 1. The summed E-state index contributed by atoms with van der Waals surface area (Å²) in [4.78, 5) is 18.6. The Morgan fingerprint density at radius 1 is 1.67 bits per heavy atom. The van der Waals surface area contributed by atoms with Crippen LogP contribution in [-0.4, -0.2) is 16.1 Å². The zero-order valence-corrected chi connectivity index (χ0v) is 6.44. The molecule has 1 N–H and O–H groups in total. The summed E-state index contributed by atoms with van der Waals surface area (Å²) >= 11 is 0. The van der Waals surface area contributed by atoms with Gasteiger partial charge in [0, 0.05) is 6.20 Å². The van der Waals surface area contributed by atoms with E-state index in [0.29, 0.717) is 5.82 Å². The molecule has 5 heteroatoms. The van der Waals surface area contributed by atoms with Crippen LogP contribution in [0.25, 0.3) is 0 Å². The molecular weight excluding hydrogens is 158 g/mol. The molecule has 1 amide bonds. The van der Waals surface area contributed by atoms with E-state index >= 15 is 0 Å². The van der Waals surface area contributed by atoms with Gasteiger partial charge in [-0.2, -0.15) is 0 Å². The fraction of sp³-hybridized carbons (Fsp3) is 0.286. The largest absolute Gasteiger partial charge is 0.441 e. The van der Waals surface area contributed by atoms with Gasteiger partial charge in [0.15, 0.2) is 0 Å². The van der Waals surface area contributed by atoms with Crippen molar-refractivity contribution in [2.24, 2.45) is 0 Å². The van der Waals surface area contributed by atoms with E-state index < -0.39 is 6.09 Å². The Balaban J connectivity index is 2.47. The molecular formula is C7H7N3O2. The number of rotatable bonds is 0. The van der Waals surface area contributed by atoms with Crippen LogP contribution < -0.4 is 5.32 Å². The third kappa shape index (κ3) is 0.990. The molecule has 0 saturated heterocycles. The molecule has 1 aromatic heterocycles. The van der Waals surface area contributed by atoms with Crippen molar-refractivity contribution in [2.45, 2.75) is 13.0 Å². The number of nitrogens with one attached hydrogen (secondary N) is 1. The van der Waals surface area contributed by atoms with E-state index in [1.165, 1.54) is 6.33 Å². The van der Waals surface area contributed by atoms with Gasteiger partial charge in [-0.3, -0.25) is 5.32 Å². The first-order valence-corrected chi connectivity index (χ1v) is 3.55. The Morgan fingerprint density at radius 2 is 2.50 bits per heavy atom. The van der Waals surface area contributed by atoms with E-state index in [0.717, 1.165) is 5.56 Å². The Hall–Kier alpha value is -1.65. The molecule has 62 valence electrons. The van der Waals surface area contributed by atoms with Gasteiger partial charge in [0.05, 0.1) is 5.56 Å². The first-order valence-electron chi connectivity index (χ1n) is 3.55. The molecule has 0 radical (unpaired) electrons.